The Labute approximate surface area is 117 Å². The van der Waals surface area contributed by atoms with Crippen LogP contribution < -0.4 is 5.32 Å². The van der Waals surface area contributed by atoms with E-state index >= 15 is 0 Å². The number of benzene rings is 1. The Hall–Kier alpha value is -1.91. The molecule has 1 rings (SSSR count). The summed E-state index contributed by atoms with van der Waals surface area (Å²) in [6.07, 6.45) is 0.626. The van der Waals surface area contributed by atoms with Crippen LogP contribution in [0.2, 0.25) is 0 Å². The van der Waals surface area contributed by atoms with Crippen molar-refractivity contribution in [1.29, 1.82) is 0 Å². The van der Waals surface area contributed by atoms with Gasteiger partial charge in [0.1, 0.15) is 23.5 Å². The molecular formula is C15H19F2NO2. The van der Waals surface area contributed by atoms with Crippen molar-refractivity contribution in [3.8, 4) is 0 Å². The fraction of sp³-hybridized carbons (Fsp3) is 0.400. The van der Waals surface area contributed by atoms with Crippen LogP contribution in [0.25, 0.3) is 0 Å². The minimum Gasteiger partial charge on any atom is -0.474 e. The van der Waals surface area contributed by atoms with E-state index in [1.54, 1.807) is 0 Å². The van der Waals surface area contributed by atoms with Gasteiger partial charge in [0.2, 0.25) is 0 Å². The predicted octanol–water partition coefficient (Wildman–Crippen LogP) is 2.95. The van der Waals surface area contributed by atoms with Crippen molar-refractivity contribution in [3.63, 3.8) is 0 Å². The maximum atomic E-state index is 13.5. The highest BCUT2D eigenvalue weighted by molar-refractivity contribution is 5.58. The number of nitrogens with one attached hydrogen (secondary N) is 1. The first-order valence-corrected chi connectivity index (χ1v) is 6.25. The molecule has 1 unspecified atom stereocenters. The fourth-order valence-electron chi connectivity index (χ4n) is 1.68. The summed E-state index contributed by atoms with van der Waals surface area (Å²) in [4.78, 5) is 11.0. The Balaban J connectivity index is 2.70. The standard InChI is InChI=1S/C15H19F2NO2/c1-10(20-15(2,3)4)18-13(9-19)8-11-7-12(16)5-6-14(11)17/h5-7,9,13,18H,1,8H2,2-4H3. The van der Waals surface area contributed by atoms with E-state index < -0.39 is 23.3 Å². The molecule has 0 spiro atoms. The SMILES string of the molecule is C=C(NC(C=O)Cc1cc(F)ccc1F)OC(C)(C)C. The van der Waals surface area contributed by atoms with Crippen molar-refractivity contribution in [2.75, 3.05) is 0 Å². The number of aldehydes is 1. The van der Waals surface area contributed by atoms with Crippen LogP contribution in [0, 0.1) is 11.6 Å². The lowest BCUT2D eigenvalue weighted by atomic mass is 10.1. The van der Waals surface area contributed by atoms with Gasteiger partial charge >= 0.3 is 0 Å². The third kappa shape index (κ3) is 5.38. The zero-order valence-electron chi connectivity index (χ0n) is 11.9. The third-order valence-electron chi connectivity index (χ3n) is 2.39. The summed E-state index contributed by atoms with van der Waals surface area (Å²) in [5.41, 5.74) is -0.333. The lowest BCUT2D eigenvalue weighted by Gasteiger charge is -2.25. The molecule has 0 aliphatic rings. The molecular weight excluding hydrogens is 264 g/mol. The average molecular weight is 283 g/mol. The number of carbonyl (C=O) groups excluding carboxylic acids is 1. The zero-order chi connectivity index (χ0) is 15.3. The minimum atomic E-state index is -0.735. The number of ether oxygens (including phenoxy) is 1. The van der Waals surface area contributed by atoms with Gasteiger partial charge in [0, 0.05) is 6.42 Å². The predicted molar refractivity (Wildman–Crippen MR) is 73.0 cm³/mol. The minimum absolute atomic E-state index is 0.0135. The molecule has 0 heterocycles. The van der Waals surface area contributed by atoms with E-state index in [1.807, 2.05) is 20.8 Å². The van der Waals surface area contributed by atoms with Gasteiger partial charge in [-0.1, -0.05) is 0 Å². The third-order valence-corrected chi connectivity index (χ3v) is 2.39. The number of hydrogen-bond acceptors (Lipinski definition) is 3. The van der Waals surface area contributed by atoms with Gasteiger partial charge in [-0.2, -0.15) is 0 Å². The van der Waals surface area contributed by atoms with E-state index in [4.69, 9.17) is 4.74 Å². The first-order valence-electron chi connectivity index (χ1n) is 6.25. The van der Waals surface area contributed by atoms with E-state index in [0.29, 0.717) is 6.29 Å². The van der Waals surface area contributed by atoms with Gasteiger partial charge in [-0.15, -0.1) is 0 Å². The zero-order valence-corrected chi connectivity index (χ0v) is 11.9. The van der Waals surface area contributed by atoms with Crippen molar-refractivity contribution in [1.82, 2.24) is 5.32 Å². The molecule has 0 amide bonds. The van der Waals surface area contributed by atoms with Crippen molar-refractivity contribution < 1.29 is 18.3 Å². The Morgan fingerprint density at radius 2 is 2.10 bits per heavy atom. The molecule has 0 saturated heterocycles. The molecule has 20 heavy (non-hydrogen) atoms. The Morgan fingerprint density at radius 3 is 2.65 bits per heavy atom. The number of hydrogen-bond donors (Lipinski definition) is 1. The molecule has 1 aromatic carbocycles. The van der Waals surface area contributed by atoms with Crippen LogP contribution in [0.5, 0.6) is 0 Å². The summed E-state index contributed by atoms with van der Waals surface area (Å²) in [5.74, 6) is -0.885. The molecule has 1 N–H and O–H groups in total. The molecule has 5 heteroatoms. The average Bonchev–Trinajstić information content (AvgIpc) is 2.30. The van der Waals surface area contributed by atoms with E-state index in [2.05, 4.69) is 11.9 Å². The highest BCUT2D eigenvalue weighted by Gasteiger charge is 2.17. The molecule has 0 aliphatic carbocycles. The highest BCUT2D eigenvalue weighted by atomic mass is 19.1. The summed E-state index contributed by atoms with van der Waals surface area (Å²) in [7, 11) is 0. The summed E-state index contributed by atoms with van der Waals surface area (Å²) in [6.45, 7) is 9.16. The van der Waals surface area contributed by atoms with E-state index in [1.165, 1.54) is 0 Å². The first-order chi connectivity index (χ1) is 9.21. The molecule has 0 aliphatic heterocycles. The van der Waals surface area contributed by atoms with Crippen molar-refractivity contribution >= 4 is 6.29 Å². The van der Waals surface area contributed by atoms with Gasteiger partial charge in [0.25, 0.3) is 0 Å². The number of rotatable bonds is 6. The van der Waals surface area contributed by atoms with Gasteiger partial charge in [0.15, 0.2) is 5.88 Å². The van der Waals surface area contributed by atoms with Crippen LogP contribution in [0.1, 0.15) is 26.3 Å². The van der Waals surface area contributed by atoms with Crippen LogP contribution in [0.15, 0.2) is 30.7 Å². The molecule has 0 fully saturated rings. The van der Waals surface area contributed by atoms with Crippen molar-refractivity contribution in [3.05, 3.63) is 47.9 Å². The smallest absolute Gasteiger partial charge is 0.180 e. The fourth-order valence-corrected chi connectivity index (χ4v) is 1.68. The molecule has 0 bridgehead atoms. The monoisotopic (exact) mass is 283 g/mol. The Morgan fingerprint density at radius 1 is 1.45 bits per heavy atom. The molecule has 1 aromatic rings. The normalized spacial score (nSPS) is 12.7. The van der Waals surface area contributed by atoms with E-state index in [-0.39, 0.29) is 17.9 Å². The van der Waals surface area contributed by atoms with E-state index in [0.717, 1.165) is 18.2 Å². The van der Waals surface area contributed by atoms with Gasteiger partial charge in [-0.05, 0) is 51.1 Å². The number of carbonyl (C=O) groups is 1. The lowest BCUT2D eigenvalue weighted by molar-refractivity contribution is -0.109. The molecule has 0 saturated carbocycles. The maximum Gasteiger partial charge on any atom is 0.180 e. The van der Waals surface area contributed by atoms with Crippen molar-refractivity contribution in [2.45, 2.75) is 38.8 Å². The van der Waals surface area contributed by atoms with Crippen LogP contribution in [0.4, 0.5) is 8.78 Å². The topological polar surface area (TPSA) is 38.3 Å². The molecule has 1 atom stereocenters. The molecule has 110 valence electrons. The molecule has 3 nitrogen and oxygen atoms in total. The number of halogens is 2. The van der Waals surface area contributed by atoms with Gasteiger partial charge < -0.3 is 14.8 Å². The molecule has 0 aromatic heterocycles. The van der Waals surface area contributed by atoms with Gasteiger partial charge in [-0.3, -0.25) is 0 Å². The second kappa shape index (κ2) is 6.50. The van der Waals surface area contributed by atoms with Crippen LogP contribution in [-0.2, 0) is 16.0 Å². The second-order valence-electron chi connectivity index (χ2n) is 5.46. The Kier molecular flexibility index (Phi) is 5.25. The summed E-state index contributed by atoms with van der Waals surface area (Å²) in [6, 6.07) is 2.40. The molecule has 0 radical (unpaired) electrons. The van der Waals surface area contributed by atoms with Crippen LogP contribution in [-0.4, -0.2) is 17.9 Å². The maximum absolute atomic E-state index is 13.5. The summed E-state index contributed by atoms with van der Waals surface area (Å²) in [5, 5.41) is 2.74. The van der Waals surface area contributed by atoms with Crippen LogP contribution in [0.3, 0.4) is 0 Å². The quantitative estimate of drug-likeness (QED) is 0.644. The van der Waals surface area contributed by atoms with Crippen LogP contribution >= 0.6 is 0 Å². The van der Waals surface area contributed by atoms with E-state index in [9.17, 15) is 13.6 Å². The first kappa shape index (κ1) is 16.1. The summed E-state index contributed by atoms with van der Waals surface area (Å²) >= 11 is 0. The van der Waals surface area contributed by atoms with Crippen molar-refractivity contribution in [2.24, 2.45) is 0 Å². The summed E-state index contributed by atoms with van der Waals surface area (Å²) < 4.78 is 32.0. The Bertz CT molecular complexity index is 495. The van der Waals surface area contributed by atoms with Gasteiger partial charge in [-0.25, -0.2) is 8.78 Å². The largest absolute Gasteiger partial charge is 0.474 e. The lowest BCUT2D eigenvalue weighted by Crippen LogP contribution is -2.35. The highest BCUT2D eigenvalue weighted by Crippen LogP contribution is 2.14. The van der Waals surface area contributed by atoms with Gasteiger partial charge in [0.05, 0.1) is 6.04 Å². The second-order valence-corrected chi connectivity index (χ2v) is 5.46.